The summed E-state index contributed by atoms with van der Waals surface area (Å²) < 4.78 is 16.6. The third kappa shape index (κ3) is 4.86. The lowest BCUT2D eigenvalue weighted by atomic mass is 10.1. The van der Waals surface area contributed by atoms with E-state index < -0.39 is 5.97 Å². The zero-order chi connectivity index (χ0) is 19.9. The van der Waals surface area contributed by atoms with E-state index in [1.54, 1.807) is 29.5 Å². The third-order valence-electron chi connectivity index (χ3n) is 4.18. The van der Waals surface area contributed by atoms with Gasteiger partial charge in [-0.25, -0.2) is 4.98 Å². The van der Waals surface area contributed by atoms with E-state index in [-0.39, 0.29) is 18.8 Å². The molecule has 28 heavy (non-hydrogen) atoms. The van der Waals surface area contributed by atoms with Gasteiger partial charge < -0.3 is 14.2 Å². The summed E-state index contributed by atoms with van der Waals surface area (Å²) in [5.74, 6) is 0.204. The number of esters is 1. The molecule has 2 aromatic carbocycles. The van der Waals surface area contributed by atoms with E-state index in [9.17, 15) is 9.59 Å². The van der Waals surface area contributed by atoms with Gasteiger partial charge in [-0.05, 0) is 43.2 Å². The van der Waals surface area contributed by atoms with Crippen molar-refractivity contribution in [3.63, 3.8) is 0 Å². The zero-order valence-corrected chi connectivity index (χ0v) is 16.6. The summed E-state index contributed by atoms with van der Waals surface area (Å²) in [6.07, 6.45) is 1.56. The summed E-state index contributed by atoms with van der Waals surface area (Å²) in [6, 6.07) is 12.9. The number of ketones is 1. The van der Waals surface area contributed by atoms with Crippen molar-refractivity contribution in [2.24, 2.45) is 0 Å². The summed E-state index contributed by atoms with van der Waals surface area (Å²) in [7, 11) is 2.99. The fourth-order valence-electron chi connectivity index (χ4n) is 2.74. The number of carbonyl (C=O) groups is 2. The molecule has 0 amide bonds. The van der Waals surface area contributed by atoms with Gasteiger partial charge in [0.25, 0.3) is 0 Å². The molecule has 0 bridgehead atoms. The van der Waals surface area contributed by atoms with Crippen molar-refractivity contribution in [3.05, 3.63) is 53.0 Å². The number of Topliss-reactive ketones (excluding diaryl/α,β-unsaturated/α-hetero) is 1. The van der Waals surface area contributed by atoms with Gasteiger partial charge in [-0.3, -0.25) is 9.59 Å². The first kappa shape index (κ1) is 19.8. The van der Waals surface area contributed by atoms with E-state index in [4.69, 9.17) is 14.2 Å². The smallest absolute Gasteiger partial charge is 0.306 e. The van der Waals surface area contributed by atoms with Gasteiger partial charge in [-0.15, -0.1) is 11.3 Å². The van der Waals surface area contributed by atoms with Crippen molar-refractivity contribution >= 4 is 33.3 Å². The summed E-state index contributed by atoms with van der Waals surface area (Å²) in [6.45, 7) is -0.330. The maximum Gasteiger partial charge on any atom is 0.306 e. The number of hydrogen-bond acceptors (Lipinski definition) is 7. The Labute approximate surface area is 167 Å². The minimum Gasteiger partial charge on any atom is -0.497 e. The standard InChI is InChI=1S/C21H21NO5S/c1-25-14-10-11-18(26-2)15(12-14)17(23)13-27-21(24)9-5-8-20-22-16-6-3-4-7-19(16)28-20/h3-4,6-7,10-12H,5,8-9,13H2,1-2H3. The predicted molar refractivity (Wildman–Crippen MR) is 107 cm³/mol. The number of rotatable bonds is 9. The molecule has 0 unspecified atom stereocenters. The highest BCUT2D eigenvalue weighted by Crippen LogP contribution is 2.25. The Hall–Kier alpha value is -2.93. The van der Waals surface area contributed by atoms with Crippen LogP contribution in [0.5, 0.6) is 11.5 Å². The molecule has 0 atom stereocenters. The van der Waals surface area contributed by atoms with Crippen LogP contribution < -0.4 is 9.47 Å². The maximum absolute atomic E-state index is 12.4. The molecule has 0 fully saturated rings. The summed E-state index contributed by atoms with van der Waals surface area (Å²) in [4.78, 5) is 28.9. The molecule has 0 spiro atoms. The topological polar surface area (TPSA) is 74.7 Å². The highest BCUT2D eigenvalue weighted by Gasteiger charge is 2.16. The SMILES string of the molecule is COc1ccc(OC)c(C(=O)COC(=O)CCCc2nc3ccccc3s2)c1. The average molecular weight is 399 g/mol. The first-order chi connectivity index (χ1) is 13.6. The second kappa shape index (κ2) is 9.32. The van der Waals surface area contributed by atoms with Crippen molar-refractivity contribution in [1.29, 1.82) is 0 Å². The summed E-state index contributed by atoms with van der Waals surface area (Å²) in [5.41, 5.74) is 1.30. The minimum atomic E-state index is -0.406. The van der Waals surface area contributed by atoms with Gasteiger partial charge in [-0.2, -0.15) is 0 Å². The fraction of sp³-hybridized carbons (Fsp3) is 0.286. The van der Waals surface area contributed by atoms with Crippen LogP contribution >= 0.6 is 11.3 Å². The quantitative estimate of drug-likeness (QED) is 0.399. The van der Waals surface area contributed by atoms with Crippen LogP contribution in [0.3, 0.4) is 0 Å². The lowest BCUT2D eigenvalue weighted by molar-refractivity contribution is -0.142. The molecule has 0 aliphatic carbocycles. The molecule has 0 aliphatic rings. The number of aromatic nitrogens is 1. The molecule has 3 rings (SSSR count). The van der Waals surface area contributed by atoms with E-state index in [0.29, 0.717) is 29.9 Å². The second-order valence-electron chi connectivity index (χ2n) is 6.08. The van der Waals surface area contributed by atoms with Crippen LogP contribution in [0.2, 0.25) is 0 Å². The van der Waals surface area contributed by atoms with E-state index in [2.05, 4.69) is 4.98 Å². The van der Waals surface area contributed by atoms with Gasteiger partial charge in [0.05, 0.1) is 35.0 Å². The van der Waals surface area contributed by atoms with Crippen LogP contribution in [0.4, 0.5) is 0 Å². The Balaban J connectivity index is 1.48. The second-order valence-corrected chi connectivity index (χ2v) is 7.19. The third-order valence-corrected chi connectivity index (χ3v) is 5.28. The average Bonchev–Trinajstić information content (AvgIpc) is 3.14. The lowest BCUT2D eigenvalue weighted by Gasteiger charge is -2.10. The first-order valence-electron chi connectivity index (χ1n) is 8.86. The molecule has 3 aromatic rings. The minimum absolute atomic E-state index is 0.235. The van der Waals surface area contributed by atoms with E-state index >= 15 is 0 Å². The van der Waals surface area contributed by atoms with Gasteiger partial charge in [0.2, 0.25) is 5.78 Å². The van der Waals surface area contributed by atoms with Crippen LogP contribution in [0.1, 0.15) is 28.2 Å². The van der Waals surface area contributed by atoms with Crippen LogP contribution in [0.25, 0.3) is 10.2 Å². The number of aryl methyl sites for hydroxylation is 1. The largest absolute Gasteiger partial charge is 0.497 e. The number of benzene rings is 2. The Bertz CT molecular complexity index is 949. The van der Waals surface area contributed by atoms with Crippen LogP contribution in [0, 0.1) is 0 Å². The molecule has 1 heterocycles. The van der Waals surface area contributed by atoms with E-state index in [1.807, 2.05) is 24.3 Å². The highest BCUT2D eigenvalue weighted by atomic mass is 32.1. The number of hydrogen-bond donors (Lipinski definition) is 0. The summed E-state index contributed by atoms with van der Waals surface area (Å²) >= 11 is 1.63. The van der Waals surface area contributed by atoms with Crippen molar-refractivity contribution in [1.82, 2.24) is 4.98 Å². The Morgan fingerprint density at radius 1 is 1.07 bits per heavy atom. The number of ether oxygens (including phenoxy) is 3. The molecule has 0 saturated carbocycles. The van der Waals surface area contributed by atoms with Gasteiger partial charge in [0.1, 0.15) is 11.5 Å². The van der Waals surface area contributed by atoms with Gasteiger partial charge in [-0.1, -0.05) is 12.1 Å². The number of methoxy groups -OCH3 is 2. The Kier molecular flexibility index (Phi) is 6.60. The molecule has 0 aliphatic heterocycles. The van der Waals surface area contributed by atoms with Crippen LogP contribution in [-0.2, 0) is 16.0 Å². The van der Waals surface area contributed by atoms with E-state index in [1.165, 1.54) is 14.2 Å². The van der Waals surface area contributed by atoms with Gasteiger partial charge >= 0.3 is 5.97 Å². The van der Waals surface area contributed by atoms with Gasteiger partial charge in [0.15, 0.2) is 6.61 Å². The monoisotopic (exact) mass is 399 g/mol. The number of carbonyl (C=O) groups excluding carboxylic acids is 2. The number of para-hydroxylation sites is 1. The highest BCUT2D eigenvalue weighted by molar-refractivity contribution is 7.18. The molecule has 0 radical (unpaired) electrons. The molecule has 146 valence electrons. The maximum atomic E-state index is 12.4. The Morgan fingerprint density at radius 2 is 1.89 bits per heavy atom. The summed E-state index contributed by atoms with van der Waals surface area (Å²) in [5, 5.41) is 0.992. The molecule has 1 aromatic heterocycles. The lowest BCUT2D eigenvalue weighted by Crippen LogP contribution is -2.15. The molecule has 7 heteroatoms. The van der Waals surface area contributed by atoms with E-state index in [0.717, 1.165) is 15.2 Å². The van der Waals surface area contributed by atoms with Crippen molar-refractivity contribution < 1.29 is 23.8 Å². The predicted octanol–water partition coefficient (Wildman–Crippen LogP) is 4.06. The van der Waals surface area contributed by atoms with Crippen LogP contribution in [0.15, 0.2) is 42.5 Å². The molecular formula is C21H21NO5S. The molecule has 0 saturated heterocycles. The first-order valence-corrected chi connectivity index (χ1v) is 9.67. The molecular weight excluding hydrogens is 378 g/mol. The Morgan fingerprint density at radius 3 is 2.64 bits per heavy atom. The van der Waals surface area contributed by atoms with Gasteiger partial charge in [0, 0.05) is 6.42 Å². The number of fused-ring (bicyclic) bond motifs is 1. The molecule has 0 N–H and O–H groups in total. The normalized spacial score (nSPS) is 10.6. The van der Waals surface area contributed by atoms with Crippen molar-refractivity contribution in [3.8, 4) is 11.5 Å². The molecule has 6 nitrogen and oxygen atoms in total. The zero-order valence-electron chi connectivity index (χ0n) is 15.8. The number of thiazole rings is 1. The van der Waals surface area contributed by atoms with Crippen molar-refractivity contribution in [2.75, 3.05) is 20.8 Å². The number of nitrogens with zero attached hydrogens (tertiary/aromatic N) is 1. The fourth-order valence-corrected chi connectivity index (χ4v) is 3.75. The van der Waals surface area contributed by atoms with Crippen LogP contribution in [-0.4, -0.2) is 37.6 Å². The van der Waals surface area contributed by atoms with Crippen molar-refractivity contribution in [2.45, 2.75) is 19.3 Å².